The van der Waals surface area contributed by atoms with E-state index >= 15 is 0 Å². The first kappa shape index (κ1) is 15.5. The summed E-state index contributed by atoms with van der Waals surface area (Å²) >= 11 is 5.75. The SMILES string of the molecule is COc1cnccc1C(O)c1ccc(C(F)(F)F)nc1Cl. The van der Waals surface area contributed by atoms with Gasteiger partial charge in [0.2, 0.25) is 0 Å². The van der Waals surface area contributed by atoms with Crippen LogP contribution in [0.5, 0.6) is 5.75 Å². The van der Waals surface area contributed by atoms with Gasteiger partial charge in [-0.3, -0.25) is 4.98 Å². The summed E-state index contributed by atoms with van der Waals surface area (Å²) in [5.41, 5.74) is -0.740. The number of aliphatic hydroxyl groups excluding tert-OH is 1. The van der Waals surface area contributed by atoms with Crippen molar-refractivity contribution in [1.29, 1.82) is 0 Å². The number of pyridine rings is 2. The number of rotatable bonds is 3. The van der Waals surface area contributed by atoms with E-state index < -0.39 is 23.1 Å². The molecule has 0 aliphatic carbocycles. The van der Waals surface area contributed by atoms with E-state index in [2.05, 4.69) is 9.97 Å². The fourth-order valence-electron chi connectivity index (χ4n) is 1.76. The second-order valence-corrected chi connectivity index (χ2v) is 4.45. The Labute approximate surface area is 123 Å². The summed E-state index contributed by atoms with van der Waals surface area (Å²) in [5, 5.41) is 9.84. The Morgan fingerprint density at radius 1 is 1.24 bits per heavy atom. The lowest BCUT2D eigenvalue weighted by atomic mass is 10.0. The molecule has 2 aromatic heterocycles. The zero-order valence-corrected chi connectivity index (χ0v) is 11.5. The van der Waals surface area contributed by atoms with Crippen LogP contribution in [0.4, 0.5) is 13.2 Å². The molecule has 0 aromatic carbocycles. The van der Waals surface area contributed by atoms with Crippen LogP contribution in [0.1, 0.15) is 22.9 Å². The highest BCUT2D eigenvalue weighted by Crippen LogP contribution is 2.35. The third-order valence-corrected chi connectivity index (χ3v) is 3.10. The van der Waals surface area contributed by atoms with E-state index in [1.165, 1.54) is 25.6 Å². The molecule has 2 aromatic rings. The minimum Gasteiger partial charge on any atom is -0.495 e. The van der Waals surface area contributed by atoms with Crippen molar-refractivity contribution in [3.05, 3.63) is 52.6 Å². The molecule has 0 bridgehead atoms. The average molecular weight is 319 g/mol. The van der Waals surface area contributed by atoms with Crippen LogP contribution < -0.4 is 4.74 Å². The van der Waals surface area contributed by atoms with Gasteiger partial charge in [0.15, 0.2) is 0 Å². The van der Waals surface area contributed by atoms with Crippen molar-refractivity contribution in [2.24, 2.45) is 0 Å². The van der Waals surface area contributed by atoms with E-state index in [4.69, 9.17) is 16.3 Å². The first-order chi connectivity index (χ1) is 9.84. The molecule has 2 rings (SSSR count). The lowest BCUT2D eigenvalue weighted by Gasteiger charge is -2.16. The molecule has 1 atom stereocenters. The van der Waals surface area contributed by atoms with Gasteiger partial charge < -0.3 is 9.84 Å². The largest absolute Gasteiger partial charge is 0.495 e. The van der Waals surface area contributed by atoms with E-state index in [9.17, 15) is 18.3 Å². The van der Waals surface area contributed by atoms with Crippen LogP contribution in [0.15, 0.2) is 30.6 Å². The predicted molar refractivity (Wildman–Crippen MR) is 69.1 cm³/mol. The fourth-order valence-corrected chi connectivity index (χ4v) is 2.02. The van der Waals surface area contributed by atoms with Gasteiger partial charge in [-0.1, -0.05) is 17.7 Å². The molecule has 0 fully saturated rings. The lowest BCUT2D eigenvalue weighted by molar-refractivity contribution is -0.141. The Bertz CT molecular complexity index is 650. The molecule has 1 unspecified atom stereocenters. The van der Waals surface area contributed by atoms with E-state index in [1.807, 2.05) is 0 Å². The van der Waals surface area contributed by atoms with E-state index in [0.29, 0.717) is 11.3 Å². The highest BCUT2D eigenvalue weighted by molar-refractivity contribution is 6.30. The monoisotopic (exact) mass is 318 g/mol. The predicted octanol–water partition coefficient (Wildman–Crippen LogP) is 3.24. The third kappa shape index (κ3) is 3.25. The van der Waals surface area contributed by atoms with Gasteiger partial charge >= 0.3 is 6.18 Å². The molecule has 2 heterocycles. The minimum atomic E-state index is -4.60. The minimum absolute atomic E-state index is 0.0502. The molecule has 112 valence electrons. The summed E-state index contributed by atoms with van der Waals surface area (Å²) in [7, 11) is 1.39. The Balaban J connectivity index is 2.42. The number of hydrogen-bond acceptors (Lipinski definition) is 4. The zero-order chi connectivity index (χ0) is 15.6. The van der Waals surface area contributed by atoms with Crippen molar-refractivity contribution in [3.63, 3.8) is 0 Å². The number of alkyl halides is 3. The quantitative estimate of drug-likeness (QED) is 0.883. The summed E-state index contributed by atoms with van der Waals surface area (Å²) < 4.78 is 42.6. The normalized spacial score (nSPS) is 13.0. The highest BCUT2D eigenvalue weighted by Gasteiger charge is 2.33. The van der Waals surface area contributed by atoms with Crippen molar-refractivity contribution in [2.45, 2.75) is 12.3 Å². The van der Waals surface area contributed by atoms with Crippen LogP contribution in [0.25, 0.3) is 0 Å². The smallest absolute Gasteiger partial charge is 0.433 e. The van der Waals surface area contributed by atoms with E-state index in [-0.39, 0.29) is 5.56 Å². The van der Waals surface area contributed by atoms with Crippen molar-refractivity contribution in [2.75, 3.05) is 7.11 Å². The summed E-state index contributed by atoms with van der Waals surface area (Å²) in [6.45, 7) is 0. The van der Waals surface area contributed by atoms with Gasteiger partial charge in [0.05, 0.1) is 13.3 Å². The van der Waals surface area contributed by atoms with Crippen LogP contribution in [-0.2, 0) is 6.18 Å². The molecule has 21 heavy (non-hydrogen) atoms. The molecule has 4 nitrogen and oxygen atoms in total. The second kappa shape index (κ2) is 5.87. The number of nitrogens with zero attached hydrogens (tertiary/aromatic N) is 2. The van der Waals surface area contributed by atoms with E-state index in [1.54, 1.807) is 0 Å². The van der Waals surface area contributed by atoms with Gasteiger partial charge in [-0.15, -0.1) is 0 Å². The van der Waals surface area contributed by atoms with E-state index in [0.717, 1.165) is 12.1 Å². The molecule has 0 saturated heterocycles. The van der Waals surface area contributed by atoms with Crippen molar-refractivity contribution >= 4 is 11.6 Å². The van der Waals surface area contributed by atoms with Gasteiger partial charge in [-0.2, -0.15) is 13.2 Å². The van der Waals surface area contributed by atoms with Crippen LogP contribution in [-0.4, -0.2) is 22.2 Å². The summed E-state index contributed by atoms with van der Waals surface area (Å²) in [4.78, 5) is 7.10. The van der Waals surface area contributed by atoms with Gasteiger partial charge in [0, 0.05) is 17.3 Å². The maximum absolute atomic E-state index is 12.5. The Morgan fingerprint density at radius 3 is 2.52 bits per heavy atom. The molecular weight excluding hydrogens is 309 g/mol. The molecule has 0 amide bonds. The van der Waals surface area contributed by atoms with Gasteiger partial charge in [0.25, 0.3) is 0 Å². The molecule has 0 aliphatic heterocycles. The zero-order valence-electron chi connectivity index (χ0n) is 10.7. The van der Waals surface area contributed by atoms with Crippen molar-refractivity contribution < 1.29 is 23.0 Å². The number of methoxy groups -OCH3 is 1. The molecule has 0 radical (unpaired) electrons. The first-order valence-corrected chi connectivity index (χ1v) is 6.12. The molecular formula is C13H10ClF3N2O2. The van der Waals surface area contributed by atoms with Crippen molar-refractivity contribution in [1.82, 2.24) is 9.97 Å². The van der Waals surface area contributed by atoms with Crippen LogP contribution in [0.2, 0.25) is 5.15 Å². The molecule has 0 saturated carbocycles. The molecule has 1 N–H and O–H groups in total. The molecule has 0 spiro atoms. The maximum Gasteiger partial charge on any atom is 0.433 e. The number of hydrogen-bond donors (Lipinski definition) is 1. The third-order valence-electron chi connectivity index (χ3n) is 2.79. The standard InChI is InChI=1S/C13H10ClF3N2O2/c1-21-9-6-18-5-4-7(9)11(20)8-2-3-10(13(15,16)17)19-12(8)14/h2-6,11,20H,1H3. The lowest BCUT2D eigenvalue weighted by Crippen LogP contribution is -2.10. The van der Waals surface area contributed by atoms with Gasteiger partial charge in [0.1, 0.15) is 22.7 Å². The number of aromatic nitrogens is 2. The highest BCUT2D eigenvalue weighted by atomic mass is 35.5. The number of ether oxygens (including phenoxy) is 1. The summed E-state index contributed by atoms with van der Waals surface area (Å²) in [6, 6.07) is 3.33. The molecule has 0 aliphatic rings. The van der Waals surface area contributed by atoms with Crippen molar-refractivity contribution in [3.8, 4) is 5.75 Å². The number of halogens is 4. The van der Waals surface area contributed by atoms with Gasteiger partial charge in [-0.05, 0) is 12.1 Å². The second-order valence-electron chi connectivity index (χ2n) is 4.09. The number of aliphatic hydroxyl groups is 1. The fraction of sp³-hybridized carbons (Fsp3) is 0.231. The summed E-state index contributed by atoms with van der Waals surface area (Å²) in [6.07, 6.45) is -3.07. The van der Waals surface area contributed by atoms with Crippen LogP contribution in [0.3, 0.4) is 0 Å². The summed E-state index contributed by atoms with van der Waals surface area (Å²) in [5.74, 6) is 0.293. The van der Waals surface area contributed by atoms with Gasteiger partial charge in [-0.25, -0.2) is 4.98 Å². The topological polar surface area (TPSA) is 55.2 Å². The van der Waals surface area contributed by atoms with Crippen LogP contribution >= 0.6 is 11.6 Å². The Kier molecular flexibility index (Phi) is 4.34. The first-order valence-electron chi connectivity index (χ1n) is 5.74. The Morgan fingerprint density at radius 2 is 1.95 bits per heavy atom. The Hall–Kier alpha value is -1.86. The molecule has 8 heteroatoms. The van der Waals surface area contributed by atoms with Crippen LogP contribution in [0, 0.1) is 0 Å². The maximum atomic E-state index is 12.5. The average Bonchev–Trinajstić information content (AvgIpc) is 2.45.